The molecular formula is C47H46N2O2. The highest BCUT2D eigenvalue weighted by Crippen LogP contribution is 2.56. The Morgan fingerprint density at radius 2 is 0.882 bits per heavy atom. The normalized spacial score (nSPS) is 14.7. The number of aryl methyl sites for hydroxylation is 1. The van der Waals surface area contributed by atoms with E-state index in [-0.39, 0.29) is 0 Å². The van der Waals surface area contributed by atoms with Crippen LogP contribution < -0.4 is 0 Å². The molecule has 0 radical (unpaired) electrons. The maximum atomic E-state index is 12.3. The van der Waals surface area contributed by atoms with Crippen LogP contribution in [0.2, 0.25) is 0 Å². The summed E-state index contributed by atoms with van der Waals surface area (Å²) in [6.45, 7) is 9.32. The molecule has 8 rings (SSSR count). The zero-order valence-electron chi connectivity index (χ0n) is 30.2. The highest BCUT2D eigenvalue weighted by molar-refractivity contribution is 5.85. The molecule has 0 aliphatic heterocycles. The van der Waals surface area contributed by atoms with Crippen LogP contribution >= 0.6 is 0 Å². The van der Waals surface area contributed by atoms with Gasteiger partial charge in [-0.2, -0.15) is 0 Å². The van der Waals surface area contributed by atoms with Crippen molar-refractivity contribution in [2.45, 2.75) is 44.7 Å². The van der Waals surface area contributed by atoms with Crippen LogP contribution in [0.25, 0.3) is 22.3 Å². The number of phenols is 2. The monoisotopic (exact) mass is 670 g/mol. The highest BCUT2D eigenvalue weighted by Gasteiger charge is 2.44. The minimum atomic E-state index is -0.498. The first-order valence-electron chi connectivity index (χ1n) is 18.0. The standard InChI is InChI=1S/C47H46N2O2/c1-31-27-33(45(51)43(28-31)47(3)40-22-12-8-18-36(40)37-19-9-13-23-41(37)47)30-49(26-25-48(4)5)29-32-15-14-24-42(44(32)50)46(2)38-20-10-6-16-34(38)35-17-7-11-21-39(35)46/h6-24,27-28,50-51H,25-26,29-30H2,1-5H3. The summed E-state index contributed by atoms with van der Waals surface area (Å²) < 4.78 is 0. The van der Waals surface area contributed by atoms with Gasteiger partial charge in [0.1, 0.15) is 11.5 Å². The Hall–Kier alpha value is -5.16. The average Bonchev–Trinajstić information content (AvgIpc) is 3.56. The Kier molecular flexibility index (Phi) is 8.13. The Morgan fingerprint density at radius 3 is 1.37 bits per heavy atom. The molecule has 0 atom stereocenters. The second-order valence-electron chi connectivity index (χ2n) is 15.1. The summed E-state index contributed by atoms with van der Waals surface area (Å²) in [6, 6.07) is 44.9. The number of rotatable bonds is 9. The van der Waals surface area contributed by atoms with Crippen molar-refractivity contribution in [3.05, 3.63) is 177 Å². The molecule has 0 amide bonds. The zero-order chi connectivity index (χ0) is 35.5. The van der Waals surface area contributed by atoms with Crippen LogP contribution in [0.1, 0.15) is 63.9 Å². The van der Waals surface area contributed by atoms with Crippen LogP contribution in [0.3, 0.4) is 0 Å². The van der Waals surface area contributed by atoms with Gasteiger partial charge in [-0.25, -0.2) is 0 Å². The summed E-state index contributed by atoms with van der Waals surface area (Å²) in [4.78, 5) is 4.54. The van der Waals surface area contributed by atoms with E-state index in [1.807, 2.05) is 6.07 Å². The maximum absolute atomic E-state index is 12.3. The van der Waals surface area contributed by atoms with Crippen LogP contribution in [-0.2, 0) is 23.9 Å². The lowest BCUT2D eigenvalue weighted by atomic mass is 9.73. The topological polar surface area (TPSA) is 46.9 Å². The summed E-state index contributed by atoms with van der Waals surface area (Å²) in [5.74, 6) is 0.677. The molecule has 0 spiro atoms. The van der Waals surface area contributed by atoms with Gasteiger partial charge in [0.05, 0.1) is 0 Å². The minimum Gasteiger partial charge on any atom is -0.507 e. The Bertz CT molecular complexity index is 2190. The van der Waals surface area contributed by atoms with E-state index >= 15 is 0 Å². The van der Waals surface area contributed by atoms with Gasteiger partial charge >= 0.3 is 0 Å². The van der Waals surface area contributed by atoms with E-state index in [4.69, 9.17) is 0 Å². The van der Waals surface area contributed by atoms with Gasteiger partial charge in [0, 0.05) is 59.3 Å². The van der Waals surface area contributed by atoms with Gasteiger partial charge in [-0.05, 0) is 79.4 Å². The molecule has 0 saturated heterocycles. The number of benzene rings is 6. The molecule has 6 aromatic rings. The van der Waals surface area contributed by atoms with Crippen molar-refractivity contribution >= 4 is 0 Å². The SMILES string of the molecule is Cc1cc(CN(CCN(C)C)Cc2cccc(C3(C)c4ccccc4-c4ccccc43)c2O)c(O)c(C2(C)c3ccccc3-c3ccccc32)c1. The number of likely N-dealkylation sites (N-methyl/N-ethyl adjacent to an activating group) is 1. The first kappa shape index (κ1) is 33.0. The lowest BCUT2D eigenvalue weighted by Crippen LogP contribution is -2.32. The third-order valence-corrected chi connectivity index (χ3v) is 11.6. The van der Waals surface area contributed by atoms with Crippen LogP contribution in [0.4, 0.5) is 0 Å². The number of fused-ring (bicyclic) bond motifs is 6. The first-order valence-corrected chi connectivity index (χ1v) is 18.0. The molecule has 0 fully saturated rings. The van der Waals surface area contributed by atoms with Gasteiger partial charge in [0.15, 0.2) is 0 Å². The Morgan fingerprint density at radius 1 is 0.471 bits per heavy atom. The van der Waals surface area contributed by atoms with Gasteiger partial charge in [0.25, 0.3) is 0 Å². The van der Waals surface area contributed by atoms with Crippen LogP contribution in [-0.4, -0.2) is 47.2 Å². The van der Waals surface area contributed by atoms with Gasteiger partial charge in [-0.3, -0.25) is 4.90 Å². The molecule has 0 bridgehead atoms. The van der Waals surface area contributed by atoms with Gasteiger partial charge < -0.3 is 15.1 Å². The van der Waals surface area contributed by atoms with Crippen molar-refractivity contribution in [2.24, 2.45) is 0 Å². The number of phenolic OH excluding ortho intramolecular Hbond substituents is 2. The number of aromatic hydroxyl groups is 2. The fraction of sp³-hybridized carbons (Fsp3) is 0.234. The van der Waals surface area contributed by atoms with Crippen molar-refractivity contribution < 1.29 is 10.2 Å². The molecule has 4 heteroatoms. The van der Waals surface area contributed by atoms with E-state index in [1.165, 1.54) is 44.5 Å². The molecule has 51 heavy (non-hydrogen) atoms. The van der Waals surface area contributed by atoms with Crippen LogP contribution in [0, 0.1) is 6.92 Å². The largest absolute Gasteiger partial charge is 0.507 e. The third-order valence-electron chi connectivity index (χ3n) is 11.6. The van der Waals surface area contributed by atoms with E-state index in [9.17, 15) is 10.2 Å². The second-order valence-corrected chi connectivity index (χ2v) is 15.1. The molecule has 256 valence electrons. The van der Waals surface area contributed by atoms with Crippen molar-refractivity contribution in [3.63, 3.8) is 0 Å². The van der Waals surface area contributed by atoms with E-state index < -0.39 is 10.8 Å². The lowest BCUT2D eigenvalue weighted by molar-refractivity contribution is 0.221. The van der Waals surface area contributed by atoms with Crippen molar-refractivity contribution in [2.75, 3.05) is 27.2 Å². The van der Waals surface area contributed by atoms with Crippen molar-refractivity contribution in [1.82, 2.24) is 9.80 Å². The molecule has 2 aliphatic carbocycles. The van der Waals surface area contributed by atoms with Gasteiger partial charge in [0.2, 0.25) is 0 Å². The molecule has 0 saturated carbocycles. The van der Waals surface area contributed by atoms with Crippen molar-refractivity contribution in [1.29, 1.82) is 0 Å². The summed E-state index contributed by atoms with van der Waals surface area (Å²) in [5, 5.41) is 24.4. The van der Waals surface area contributed by atoms with E-state index in [0.717, 1.165) is 40.9 Å². The molecule has 0 aromatic heterocycles. The summed E-state index contributed by atoms with van der Waals surface area (Å²) in [6.07, 6.45) is 0. The smallest absolute Gasteiger partial charge is 0.124 e. The average molecular weight is 671 g/mol. The maximum Gasteiger partial charge on any atom is 0.124 e. The highest BCUT2D eigenvalue weighted by atomic mass is 16.3. The number of hydrogen-bond donors (Lipinski definition) is 2. The van der Waals surface area contributed by atoms with E-state index in [0.29, 0.717) is 24.6 Å². The van der Waals surface area contributed by atoms with Gasteiger partial charge in [-0.1, -0.05) is 133 Å². The zero-order valence-corrected chi connectivity index (χ0v) is 30.2. The number of nitrogens with zero attached hydrogens (tertiary/aromatic N) is 2. The molecule has 4 nitrogen and oxygen atoms in total. The predicted octanol–water partition coefficient (Wildman–Crippen LogP) is 9.64. The molecule has 2 N–H and O–H groups in total. The Balaban J connectivity index is 1.18. The predicted molar refractivity (Wildman–Crippen MR) is 208 cm³/mol. The molecule has 6 aromatic carbocycles. The molecule has 0 heterocycles. The number of para-hydroxylation sites is 1. The van der Waals surface area contributed by atoms with Crippen LogP contribution in [0.5, 0.6) is 11.5 Å². The third kappa shape index (κ3) is 5.20. The summed E-state index contributed by atoms with van der Waals surface area (Å²) in [5.41, 5.74) is 13.5. The van der Waals surface area contributed by atoms with Crippen molar-refractivity contribution in [3.8, 4) is 33.8 Å². The summed E-state index contributed by atoms with van der Waals surface area (Å²) >= 11 is 0. The van der Waals surface area contributed by atoms with Gasteiger partial charge in [-0.15, -0.1) is 0 Å². The Labute approximate surface area is 302 Å². The van der Waals surface area contributed by atoms with Crippen LogP contribution in [0.15, 0.2) is 127 Å². The first-order chi connectivity index (χ1) is 24.6. The second kappa shape index (κ2) is 12.6. The fourth-order valence-corrected chi connectivity index (χ4v) is 9.00. The van der Waals surface area contributed by atoms with E-state index in [2.05, 4.69) is 166 Å². The lowest BCUT2D eigenvalue weighted by Gasteiger charge is -2.32. The minimum absolute atomic E-state index is 0.335. The quantitative estimate of drug-likeness (QED) is 0.161. The summed E-state index contributed by atoms with van der Waals surface area (Å²) in [7, 11) is 4.17. The molecular weight excluding hydrogens is 625 g/mol. The van der Waals surface area contributed by atoms with E-state index in [1.54, 1.807) is 0 Å². The molecule has 0 unspecified atom stereocenters. The molecule has 2 aliphatic rings. The number of hydrogen-bond acceptors (Lipinski definition) is 4. The fourth-order valence-electron chi connectivity index (χ4n) is 9.00.